The molecule has 0 unspecified atom stereocenters. The van der Waals surface area contributed by atoms with Crippen molar-refractivity contribution in [1.29, 1.82) is 0 Å². The van der Waals surface area contributed by atoms with Crippen molar-refractivity contribution < 1.29 is 14.0 Å². The Balaban J connectivity index is 1.87. The average molecular weight is 266 g/mol. The minimum atomic E-state index is -1.03. The topological polar surface area (TPSA) is 34.1 Å². The Morgan fingerprint density at radius 1 is 0.850 bits per heavy atom. The Bertz CT molecular complexity index is 778. The fourth-order valence-electron chi connectivity index (χ4n) is 3.46. The van der Waals surface area contributed by atoms with Crippen molar-refractivity contribution in [2.75, 3.05) is 0 Å². The molecule has 0 fully saturated rings. The Labute approximate surface area is 115 Å². The number of hydrogen-bond acceptors (Lipinski definition) is 2. The molecular formula is C17H11FO2. The number of benzene rings is 2. The summed E-state index contributed by atoms with van der Waals surface area (Å²) >= 11 is 0. The highest BCUT2D eigenvalue weighted by atomic mass is 19.1. The van der Waals surface area contributed by atoms with Crippen LogP contribution < -0.4 is 0 Å². The zero-order valence-electron chi connectivity index (χ0n) is 10.7. The molecule has 1 atom stereocenters. The number of halogens is 1. The van der Waals surface area contributed by atoms with Gasteiger partial charge in [0.15, 0.2) is 11.6 Å². The molecule has 98 valence electrons. The van der Waals surface area contributed by atoms with Gasteiger partial charge in [-0.1, -0.05) is 30.3 Å². The second kappa shape index (κ2) is 3.63. The van der Waals surface area contributed by atoms with E-state index in [-0.39, 0.29) is 11.6 Å². The van der Waals surface area contributed by atoms with Crippen LogP contribution in [0.1, 0.15) is 31.8 Å². The number of ketones is 2. The Morgan fingerprint density at radius 2 is 1.50 bits per heavy atom. The molecular weight excluding hydrogens is 255 g/mol. The molecule has 2 aromatic rings. The van der Waals surface area contributed by atoms with Gasteiger partial charge in [-0.2, -0.15) is 0 Å². The van der Waals surface area contributed by atoms with Crippen molar-refractivity contribution in [1.82, 2.24) is 0 Å². The van der Waals surface area contributed by atoms with Gasteiger partial charge < -0.3 is 0 Å². The monoisotopic (exact) mass is 266 g/mol. The molecule has 0 amide bonds. The highest BCUT2D eigenvalue weighted by Crippen LogP contribution is 2.46. The first kappa shape index (κ1) is 11.5. The highest BCUT2D eigenvalue weighted by molar-refractivity contribution is 6.24. The largest absolute Gasteiger partial charge is 0.293 e. The lowest BCUT2D eigenvalue weighted by molar-refractivity contribution is 0.0705. The molecule has 0 saturated heterocycles. The molecule has 0 bridgehead atoms. The van der Waals surface area contributed by atoms with Crippen molar-refractivity contribution in [2.45, 2.75) is 12.8 Å². The van der Waals surface area contributed by atoms with Crippen LogP contribution in [0.4, 0.5) is 4.39 Å². The van der Waals surface area contributed by atoms with Crippen LogP contribution in [-0.2, 0) is 12.8 Å². The molecule has 2 aliphatic carbocycles. The van der Waals surface area contributed by atoms with Gasteiger partial charge in [-0.05, 0) is 36.1 Å². The van der Waals surface area contributed by atoms with Gasteiger partial charge in [-0.3, -0.25) is 9.59 Å². The second-order valence-electron chi connectivity index (χ2n) is 5.55. The average Bonchev–Trinajstić information content (AvgIpc) is 2.89. The lowest BCUT2D eigenvalue weighted by Gasteiger charge is -2.18. The molecule has 0 aromatic heterocycles. The summed E-state index contributed by atoms with van der Waals surface area (Å²) in [6.07, 6.45) is 0.812. The minimum absolute atomic E-state index is 0.116. The molecule has 1 spiro atoms. The first-order valence-corrected chi connectivity index (χ1v) is 6.58. The van der Waals surface area contributed by atoms with E-state index in [4.69, 9.17) is 0 Å². The van der Waals surface area contributed by atoms with E-state index in [9.17, 15) is 14.0 Å². The smallest absolute Gasteiger partial charge is 0.177 e. The lowest BCUT2D eigenvalue weighted by atomic mass is 9.80. The summed E-state index contributed by atoms with van der Waals surface area (Å²) in [5.74, 6) is -0.778. The number of hydrogen-bond donors (Lipinski definition) is 0. The maximum atomic E-state index is 13.3. The summed E-state index contributed by atoms with van der Waals surface area (Å²) in [6, 6.07) is 11.6. The number of fused-ring (bicyclic) bond motifs is 2. The quantitative estimate of drug-likeness (QED) is 0.687. The second-order valence-corrected chi connectivity index (χ2v) is 5.55. The van der Waals surface area contributed by atoms with E-state index in [2.05, 4.69) is 0 Å². The normalized spacial score (nSPS) is 23.2. The molecule has 0 heterocycles. The molecule has 0 aliphatic heterocycles. The Hall–Kier alpha value is -2.29. The lowest BCUT2D eigenvalue weighted by Crippen LogP contribution is -2.34. The number of rotatable bonds is 0. The van der Waals surface area contributed by atoms with E-state index in [0.29, 0.717) is 24.0 Å². The zero-order chi connectivity index (χ0) is 13.9. The molecule has 0 radical (unpaired) electrons. The van der Waals surface area contributed by atoms with Gasteiger partial charge in [0.05, 0.1) is 0 Å². The van der Waals surface area contributed by atoms with Gasteiger partial charge in [0.2, 0.25) is 0 Å². The summed E-state index contributed by atoms with van der Waals surface area (Å²) in [7, 11) is 0. The molecule has 2 aliphatic rings. The number of carbonyl (C=O) groups excluding carboxylic acids is 2. The van der Waals surface area contributed by atoms with E-state index in [0.717, 1.165) is 11.1 Å². The van der Waals surface area contributed by atoms with Gasteiger partial charge in [0, 0.05) is 11.1 Å². The van der Waals surface area contributed by atoms with Gasteiger partial charge in [-0.15, -0.1) is 0 Å². The van der Waals surface area contributed by atoms with Crippen LogP contribution in [0.3, 0.4) is 0 Å². The standard InChI is InChI=1S/C17H11FO2/c18-12-6-5-11-9-17(16(20)14(11)7-12)8-10-3-1-2-4-13(10)15(17)19/h1-7H,8-9H2/t17-/m1/s1. The van der Waals surface area contributed by atoms with E-state index < -0.39 is 11.2 Å². The van der Waals surface area contributed by atoms with E-state index in [1.54, 1.807) is 12.1 Å². The van der Waals surface area contributed by atoms with Crippen LogP contribution in [-0.4, -0.2) is 11.6 Å². The minimum Gasteiger partial charge on any atom is -0.293 e. The molecule has 20 heavy (non-hydrogen) atoms. The van der Waals surface area contributed by atoms with Gasteiger partial charge >= 0.3 is 0 Å². The first-order valence-electron chi connectivity index (χ1n) is 6.58. The van der Waals surface area contributed by atoms with Crippen LogP contribution in [0.5, 0.6) is 0 Å². The third kappa shape index (κ3) is 1.27. The van der Waals surface area contributed by atoms with Crippen LogP contribution in [0.15, 0.2) is 42.5 Å². The van der Waals surface area contributed by atoms with Crippen LogP contribution >= 0.6 is 0 Å². The van der Waals surface area contributed by atoms with Crippen LogP contribution in [0.2, 0.25) is 0 Å². The highest BCUT2D eigenvalue weighted by Gasteiger charge is 2.55. The summed E-state index contributed by atoms with van der Waals surface area (Å²) < 4.78 is 13.3. The summed E-state index contributed by atoms with van der Waals surface area (Å²) in [4.78, 5) is 25.3. The van der Waals surface area contributed by atoms with Crippen LogP contribution in [0.25, 0.3) is 0 Å². The third-order valence-corrected chi connectivity index (χ3v) is 4.43. The Kier molecular flexibility index (Phi) is 2.09. The molecule has 0 saturated carbocycles. The number of carbonyl (C=O) groups is 2. The predicted octanol–water partition coefficient (Wildman–Crippen LogP) is 2.99. The maximum Gasteiger partial charge on any atom is 0.177 e. The Morgan fingerprint density at radius 3 is 2.25 bits per heavy atom. The zero-order valence-corrected chi connectivity index (χ0v) is 10.7. The maximum absolute atomic E-state index is 13.3. The van der Waals surface area contributed by atoms with Crippen molar-refractivity contribution in [3.05, 3.63) is 70.5 Å². The fourth-order valence-corrected chi connectivity index (χ4v) is 3.46. The molecule has 0 N–H and O–H groups in total. The van der Waals surface area contributed by atoms with Crippen molar-refractivity contribution in [3.63, 3.8) is 0 Å². The van der Waals surface area contributed by atoms with Crippen molar-refractivity contribution >= 4 is 11.6 Å². The molecule has 2 nitrogen and oxygen atoms in total. The van der Waals surface area contributed by atoms with Crippen molar-refractivity contribution in [2.24, 2.45) is 5.41 Å². The first-order chi connectivity index (χ1) is 9.62. The van der Waals surface area contributed by atoms with Gasteiger partial charge in [0.1, 0.15) is 11.2 Å². The third-order valence-electron chi connectivity index (χ3n) is 4.43. The van der Waals surface area contributed by atoms with E-state index >= 15 is 0 Å². The van der Waals surface area contributed by atoms with Gasteiger partial charge in [0.25, 0.3) is 0 Å². The fraction of sp³-hybridized carbons (Fsp3) is 0.176. The number of Topliss-reactive ketones (excluding diaryl/α,β-unsaturated/α-hetero) is 2. The predicted molar refractivity (Wildman–Crippen MR) is 71.3 cm³/mol. The molecule has 4 rings (SSSR count). The summed E-state index contributed by atoms with van der Waals surface area (Å²) in [5, 5.41) is 0. The summed E-state index contributed by atoms with van der Waals surface area (Å²) in [6.45, 7) is 0. The SMILES string of the molecule is O=C1c2ccccc2C[C@@]12Cc1ccc(F)cc1C2=O. The van der Waals surface area contributed by atoms with E-state index in [1.807, 2.05) is 18.2 Å². The molecule has 3 heteroatoms. The molecule has 2 aromatic carbocycles. The van der Waals surface area contributed by atoms with Gasteiger partial charge in [-0.25, -0.2) is 4.39 Å². The summed E-state index contributed by atoms with van der Waals surface area (Å²) in [5.41, 5.74) is 1.66. The van der Waals surface area contributed by atoms with Crippen molar-refractivity contribution in [3.8, 4) is 0 Å². The van der Waals surface area contributed by atoms with E-state index in [1.165, 1.54) is 12.1 Å². The van der Waals surface area contributed by atoms with Crippen LogP contribution in [0, 0.1) is 11.2 Å².